The molecule has 0 aromatic carbocycles. The fraction of sp³-hybridized carbons (Fsp3) is 0.933. The fourth-order valence-corrected chi connectivity index (χ4v) is 2.63. The molecule has 0 radical (unpaired) electrons. The van der Waals surface area contributed by atoms with Crippen LogP contribution < -0.4 is 5.73 Å². The van der Waals surface area contributed by atoms with Crippen LogP contribution in [0.2, 0.25) is 0 Å². The lowest BCUT2D eigenvalue weighted by atomic mass is 9.86. The molecule has 134 valence electrons. The van der Waals surface area contributed by atoms with Gasteiger partial charge in [0, 0.05) is 32.2 Å². The Bertz CT molecular complexity index is 335. The number of halogens is 2. The fourth-order valence-electron chi connectivity index (χ4n) is 2.63. The Morgan fingerprint density at radius 2 is 1.86 bits per heavy atom. The topological polar surface area (TPSA) is 69.8 Å². The van der Waals surface area contributed by atoms with Crippen molar-refractivity contribution in [1.82, 2.24) is 9.80 Å². The number of aliphatic hydroxyl groups is 1. The van der Waals surface area contributed by atoms with Gasteiger partial charge in [0.25, 0.3) is 0 Å². The predicted octanol–water partition coefficient (Wildman–Crippen LogP) is 1.51. The molecule has 7 heteroatoms. The summed E-state index contributed by atoms with van der Waals surface area (Å²) in [5.41, 5.74) is 5.87. The maximum atomic E-state index is 12.5. The lowest BCUT2D eigenvalue weighted by Crippen LogP contribution is -2.60. The number of carbonyl (C=O) groups is 1. The third kappa shape index (κ3) is 6.59. The molecular formula is C15H33Cl2N3O2. The second-order valence-electron chi connectivity index (χ2n) is 7.03. The van der Waals surface area contributed by atoms with E-state index in [1.807, 2.05) is 25.7 Å². The van der Waals surface area contributed by atoms with Gasteiger partial charge in [-0.25, -0.2) is 0 Å². The van der Waals surface area contributed by atoms with Crippen molar-refractivity contribution < 1.29 is 9.90 Å². The molecule has 1 amide bonds. The van der Waals surface area contributed by atoms with Crippen LogP contribution in [0.1, 0.15) is 41.0 Å². The molecule has 0 spiro atoms. The maximum Gasteiger partial charge on any atom is 0.240 e. The van der Waals surface area contributed by atoms with Crippen LogP contribution in [-0.4, -0.2) is 65.2 Å². The number of aliphatic hydroxyl groups excluding tert-OH is 1. The molecule has 0 aromatic heterocycles. The molecular weight excluding hydrogens is 325 g/mol. The zero-order valence-electron chi connectivity index (χ0n) is 14.4. The zero-order chi connectivity index (χ0) is 15.5. The molecule has 3 N–H and O–H groups in total. The summed E-state index contributed by atoms with van der Waals surface area (Å²) in [5.74, 6) is 0.0487. The predicted molar refractivity (Wildman–Crippen MR) is 95.8 cm³/mol. The standard InChI is InChI=1S/C15H31N3O2.2ClH/c1-6-12-10-18(8-7-17(12)9-11(2)19)14(20)13(16)15(3,4)5;;/h11-13,19H,6-10,16H2,1-5H3;2*1H/t11?,12?,13-;;/m1../s1. The molecule has 1 aliphatic heterocycles. The highest BCUT2D eigenvalue weighted by Crippen LogP contribution is 2.21. The van der Waals surface area contributed by atoms with Gasteiger partial charge in [-0.3, -0.25) is 9.69 Å². The van der Waals surface area contributed by atoms with E-state index in [1.54, 1.807) is 6.92 Å². The van der Waals surface area contributed by atoms with Crippen molar-refractivity contribution in [3.63, 3.8) is 0 Å². The van der Waals surface area contributed by atoms with E-state index in [4.69, 9.17) is 5.73 Å². The third-order valence-electron chi connectivity index (χ3n) is 4.09. The van der Waals surface area contributed by atoms with Gasteiger partial charge in [-0.1, -0.05) is 27.7 Å². The smallest absolute Gasteiger partial charge is 0.240 e. The average molecular weight is 358 g/mol. The SMILES string of the molecule is CCC1CN(C(=O)[C@@H](N)C(C)(C)C)CCN1CC(C)O.Cl.Cl. The van der Waals surface area contributed by atoms with Gasteiger partial charge in [0.15, 0.2) is 0 Å². The molecule has 1 fully saturated rings. The first-order chi connectivity index (χ1) is 9.16. The van der Waals surface area contributed by atoms with Crippen LogP contribution >= 0.6 is 24.8 Å². The summed E-state index contributed by atoms with van der Waals surface area (Å²) < 4.78 is 0. The Morgan fingerprint density at radius 1 is 1.32 bits per heavy atom. The van der Waals surface area contributed by atoms with Gasteiger partial charge in [0.1, 0.15) is 0 Å². The van der Waals surface area contributed by atoms with E-state index in [0.29, 0.717) is 25.7 Å². The number of hydrogen-bond donors (Lipinski definition) is 2. The number of nitrogens with two attached hydrogens (primary N) is 1. The van der Waals surface area contributed by atoms with Crippen LogP contribution in [0, 0.1) is 5.41 Å². The summed E-state index contributed by atoms with van der Waals surface area (Å²) in [5, 5.41) is 9.55. The molecule has 0 aliphatic carbocycles. The number of nitrogens with zero attached hydrogens (tertiary/aromatic N) is 2. The van der Waals surface area contributed by atoms with Gasteiger partial charge in [-0.15, -0.1) is 24.8 Å². The van der Waals surface area contributed by atoms with E-state index in [-0.39, 0.29) is 42.2 Å². The molecule has 1 saturated heterocycles. The van der Waals surface area contributed by atoms with E-state index in [2.05, 4.69) is 11.8 Å². The normalized spacial score (nSPS) is 22.3. The monoisotopic (exact) mass is 357 g/mol. The van der Waals surface area contributed by atoms with Gasteiger partial charge in [0.2, 0.25) is 5.91 Å². The number of piperazine rings is 1. The van der Waals surface area contributed by atoms with Crippen LogP contribution in [0.15, 0.2) is 0 Å². The number of carbonyl (C=O) groups excluding carboxylic acids is 1. The first-order valence-corrected chi connectivity index (χ1v) is 7.63. The van der Waals surface area contributed by atoms with Crippen molar-refractivity contribution >= 4 is 30.7 Å². The average Bonchev–Trinajstić information content (AvgIpc) is 2.35. The number of β-amino-alcohol motifs (C(OH)–C–C–N with tert-alkyl or cyclic N) is 1. The van der Waals surface area contributed by atoms with Gasteiger partial charge in [-0.05, 0) is 18.8 Å². The number of rotatable bonds is 4. The molecule has 0 saturated carbocycles. The highest BCUT2D eigenvalue weighted by molar-refractivity contribution is 5.85. The van der Waals surface area contributed by atoms with Crippen molar-refractivity contribution in [1.29, 1.82) is 0 Å². The van der Waals surface area contributed by atoms with Gasteiger partial charge in [-0.2, -0.15) is 0 Å². The molecule has 2 unspecified atom stereocenters. The Balaban J connectivity index is 0. The Kier molecular flexibility index (Phi) is 10.9. The summed E-state index contributed by atoms with van der Waals surface area (Å²) in [6, 6.07) is -0.141. The van der Waals surface area contributed by atoms with E-state index >= 15 is 0 Å². The Labute approximate surface area is 147 Å². The van der Waals surface area contributed by atoms with Crippen molar-refractivity contribution in [2.75, 3.05) is 26.2 Å². The molecule has 1 heterocycles. The Hall–Kier alpha value is -0.0700. The quantitative estimate of drug-likeness (QED) is 0.799. The van der Waals surface area contributed by atoms with Crippen LogP contribution in [0.3, 0.4) is 0 Å². The lowest BCUT2D eigenvalue weighted by molar-refractivity contribution is -0.138. The van der Waals surface area contributed by atoms with Gasteiger partial charge < -0.3 is 15.7 Å². The van der Waals surface area contributed by atoms with E-state index in [9.17, 15) is 9.90 Å². The molecule has 22 heavy (non-hydrogen) atoms. The van der Waals surface area contributed by atoms with Gasteiger partial charge >= 0.3 is 0 Å². The number of amides is 1. The molecule has 0 bridgehead atoms. The van der Waals surface area contributed by atoms with E-state index < -0.39 is 6.04 Å². The highest BCUT2D eigenvalue weighted by atomic mass is 35.5. The van der Waals surface area contributed by atoms with Crippen molar-refractivity contribution in [3.05, 3.63) is 0 Å². The summed E-state index contributed by atoms with van der Waals surface area (Å²) >= 11 is 0. The number of hydrogen-bond acceptors (Lipinski definition) is 4. The van der Waals surface area contributed by atoms with E-state index in [0.717, 1.165) is 13.0 Å². The van der Waals surface area contributed by atoms with E-state index in [1.165, 1.54) is 0 Å². The minimum Gasteiger partial charge on any atom is -0.392 e. The Morgan fingerprint density at radius 3 is 2.27 bits per heavy atom. The van der Waals surface area contributed by atoms with Crippen molar-refractivity contribution in [2.24, 2.45) is 11.1 Å². The molecule has 5 nitrogen and oxygen atoms in total. The van der Waals surface area contributed by atoms with Crippen LogP contribution in [0.4, 0.5) is 0 Å². The summed E-state index contributed by atoms with van der Waals surface area (Å²) in [6.07, 6.45) is 0.643. The van der Waals surface area contributed by atoms with Crippen LogP contribution in [0.5, 0.6) is 0 Å². The minimum atomic E-state index is -0.455. The first-order valence-electron chi connectivity index (χ1n) is 7.63. The second-order valence-corrected chi connectivity index (χ2v) is 7.03. The molecule has 3 atom stereocenters. The summed E-state index contributed by atoms with van der Waals surface area (Å²) in [7, 11) is 0. The third-order valence-corrected chi connectivity index (χ3v) is 4.09. The van der Waals surface area contributed by atoms with Crippen LogP contribution in [-0.2, 0) is 4.79 Å². The summed E-state index contributed by atoms with van der Waals surface area (Å²) in [4.78, 5) is 16.6. The largest absolute Gasteiger partial charge is 0.392 e. The minimum absolute atomic E-state index is 0. The lowest BCUT2D eigenvalue weighted by Gasteiger charge is -2.43. The first kappa shape index (κ1) is 24.2. The molecule has 1 rings (SSSR count). The van der Waals surface area contributed by atoms with Gasteiger partial charge in [0.05, 0.1) is 12.1 Å². The highest BCUT2D eigenvalue weighted by Gasteiger charge is 2.35. The molecule has 0 aromatic rings. The van der Waals surface area contributed by atoms with Crippen LogP contribution in [0.25, 0.3) is 0 Å². The van der Waals surface area contributed by atoms with Crippen molar-refractivity contribution in [3.8, 4) is 0 Å². The van der Waals surface area contributed by atoms with Crippen molar-refractivity contribution in [2.45, 2.75) is 59.2 Å². The zero-order valence-corrected chi connectivity index (χ0v) is 16.0. The second kappa shape index (κ2) is 9.93. The maximum absolute atomic E-state index is 12.5. The summed E-state index contributed by atoms with van der Waals surface area (Å²) in [6.45, 7) is 12.8. The molecule has 1 aliphatic rings.